The summed E-state index contributed by atoms with van der Waals surface area (Å²) in [5.74, 6) is 0. The van der Waals surface area contributed by atoms with Crippen LogP contribution >= 0.6 is 11.3 Å². The Labute approximate surface area is 104 Å². The Morgan fingerprint density at radius 3 is 2.71 bits per heavy atom. The number of thiazole rings is 1. The normalized spacial score (nSPS) is 11.2. The lowest BCUT2D eigenvalue weighted by molar-refractivity contribution is 1.07. The molecule has 1 aromatic carbocycles. The average Bonchev–Trinajstić information content (AvgIpc) is 2.92. The summed E-state index contributed by atoms with van der Waals surface area (Å²) in [6, 6.07) is 8.25. The van der Waals surface area contributed by atoms with Crippen molar-refractivity contribution < 1.29 is 0 Å². The monoisotopic (exact) mass is 243 g/mol. The van der Waals surface area contributed by atoms with E-state index in [1.54, 1.807) is 11.3 Å². The van der Waals surface area contributed by atoms with Crippen molar-refractivity contribution in [1.82, 2.24) is 9.38 Å². The summed E-state index contributed by atoms with van der Waals surface area (Å²) in [6.07, 6.45) is 2.08. The Bertz CT molecular complexity index is 649. The second-order valence-electron chi connectivity index (χ2n) is 4.06. The highest BCUT2D eigenvalue weighted by molar-refractivity contribution is 7.15. The van der Waals surface area contributed by atoms with Crippen molar-refractivity contribution in [1.29, 1.82) is 0 Å². The first-order valence-electron chi connectivity index (χ1n) is 5.50. The van der Waals surface area contributed by atoms with Gasteiger partial charge in [-0.2, -0.15) is 0 Å². The number of hydrogen-bond acceptors (Lipinski definition) is 3. The predicted molar refractivity (Wildman–Crippen MR) is 71.1 cm³/mol. The van der Waals surface area contributed by atoms with Gasteiger partial charge in [-0.05, 0) is 12.5 Å². The summed E-state index contributed by atoms with van der Waals surface area (Å²) in [7, 11) is 0. The SMILES string of the molecule is Cc1csc2nc(-c3ccc(CN)cc3)cn12. The van der Waals surface area contributed by atoms with Crippen LogP contribution in [0.4, 0.5) is 0 Å². The van der Waals surface area contributed by atoms with Crippen LogP contribution in [0.3, 0.4) is 0 Å². The number of nitrogens with two attached hydrogens (primary N) is 1. The molecule has 2 N–H and O–H groups in total. The molecule has 86 valence electrons. The summed E-state index contributed by atoms with van der Waals surface area (Å²) in [4.78, 5) is 5.65. The van der Waals surface area contributed by atoms with Crippen LogP contribution in [0, 0.1) is 6.92 Å². The smallest absolute Gasteiger partial charge is 0.194 e. The van der Waals surface area contributed by atoms with Gasteiger partial charge in [-0.3, -0.25) is 4.40 Å². The third-order valence-corrected chi connectivity index (χ3v) is 3.83. The maximum atomic E-state index is 5.59. The number of aryl methyl sites for hydroxylation is 1. The van der Waals surface area contributed by atoms with Gasteiger partial charge in [0.15, 0.2) is 4.96 Å². The highest BCUT2D eigenvalue weighted by atomic mass is 32.1. The van der Waals surface area contributed by atoms with E-state index in [4.69, 9.17) is 5.73 Å². The summed E-state index contributed by atoms with van der Waals surface area (Å²) in [5, 5.41) is 2.11. The van der Waals surface area contributed by atoms with Crippen LogP contribution in [0.2, 0.25) is 0 Å². The molecule has 2 heterocycles. The summed E-state index contributed by atoms with van der Waals surface area (Å²) < 4.78 is 2.12. The van der Waals surface area contributed by atoms with Gasteiger partial charge in [-0.1, -0.05) is 24.3 Å². The number of nitrogens with zero attached hydrogens (tertiary/aromatic N) is 2. The molecule has 3 rings (SSSR count). The van der Waals surface area contributed by atoms with E-state index in [0.717, 1.165) is 21.8 Å². The van der Waals surface area contributed by atoms with E-state index in [1.165, 1.54) is 5.69 Å². The van der Waals surface area contributed by atoms with Crippen molar-refractivity contribution in [3.05, 3.63) is 47.1 Å². The molecular formula is C13H13N3S. The fourth-order valence-corrected chi connectivity index (χ4v) is 2.70. The van der Waals surface area contributed by atoms with Gasteiger partial charge in [0.25, 0.3) is 0 Å². The van der Waals surface area contributed by atoms with Crippen molar-refractivity contribution in [2.24, 2.45) is 5.73 Å². The van der Waals surface area contributed by atoms with Crippen LogP contribution in [0.1, 0.15) is 11.3 Å². The molecule has 0 fully saturated rings. The summed E-state index contributed by atoms with van der Waals surface area (Å²) >= 11 is 1.67. The van der Waals surface area contributed by atoms with Crippen molar-refractivity contribution in [3.8, 4) is 11.3 Å². The largest absolute Gasteiger partial charge is 0.326 e. The predicted octanol–water partition coefficient (Wildman–Crippen LogP) is 2.83. The van der Waals surface area contributed by atoms with Crippen molar-refractivity contribution in [3.63, 3.8) is 0 Å². The number of aromatic nitrogens is 2. The standard InChI is InChI=1S/C13H13N3S/c1-9-8-17-13-15-12(7-16(9)13)11-4-2-10(6-14)3-5-11/h2-5,7-8H,6,14H2,1H3. The molecule has 0 amide bonds. The quantitative estimate of drug-likeness (QED) is 0.752. The molecule has 0 bridgehead atoms. The minimum Gasteiger partial charge on any atom is -0.326 e. The lowest BCUT2D eigenvalue weighted by Gasteiger charge is -1.98. The zero-order valence-corrected chi connectivity index (χ0v) is 10.4. The minimum atomic E-state index is 0.581. The molecule has 3 nitrogen and oxygen atoms in total. The van der Waals surface area contributed by atoms with Crippen molar-refractivity contribution in [2.45, 2.75) is 13.5 Å². The molecule has 0 radical (unpaired) electrons. The Balaban J connectivity index is 2.07. The number of hydrogen-bond donors (Lipinski definition) is 1. The van der Waals surface area contributed by atoms with Gasteiger partial charge in [-0.15, -0.1) is 11.3 Å². The van der Waals surface area contributed by atoms with Crippen molar-refractivity contribution in [2.75, 3.05) is 0 Å². The number of rotatable bonds is 2. The molecule has 17 heavy (non-hydrogen) atoms. The lowest BCUT2D eigenvalue weighted by atomic mass is 10.1. The molecule has 0 saturated carbocycles. The molecule has 0 aliphatic rings. The first kappa shape index (κ1) is 10.5. The molecule has 2 aromatic heterocycles. The van der Waals surface area contributed by atoms with Crippen LogP contribution in [0.25, 0.3) is 16.2 Å². The van der Waals surface area contributed by atoms with Crippen molar-refractivity contribution >= 4 is 16.3 Å². The van der Waals surface area contributed by atoms with Gasteiger partial charge < -0.3 is 5.73 Å². The van der Waals surface area contributed by atoms with Crippen LogP contribution in [-0.2, 0) is 6.54 Å². The molecule has 0 aliphatic heterocycles. The zero-order chi connectivity index (χ0) is 11.8. The second-order valence-corrected chi connectivity index (χ2v) is 4.89. The second kappa shape index (κ2) is 3.98. The molecule has 0 spiro atoms. The maximum absolute atomic E-state index is 5.59. The van der Waals surface area contributed by atoms with E-state index < -0.39 is 0 Å². The molecule has 0 saturated heterocycles. The van der Waals surface area contributed by atoms with Crippen LogP contribution in [0.15, 0.2) is 35.8 Å². The third kappa shape index (κ3) is 1.75. The fourth-order valence-electron chi connectivity index (χ4n) is 1.84. The Kier molecular flexibility index (Phi) is 2.46. The van der Waals surface area contributed by atoms with E-state index >= 15 is 0 Å². The van der Waals surface area contributed by atoms with E-state index in [2.05, 4.69) is 52.2 Å². The number of imidazole rings is 1. The average molecular weight is 243 g/mol. The summed E-state index contributed by atoms with van der Waals surface area (Å²) in [5.41, 5.74) is 10.1. The first-order valence-corrected chi connectivity index (χ1v) is 6.38. The Hall–Kier alpha value is -1.65. The van der Waals surface area contributed by atoms with Gasteiger partial charge in [0, 0.05) is 29.4 Å². The topological polar surface area (TPSA) is 43.3 Å². The Morgan fingerprint density at radius 2 is 2.06 bits per heavy atom. The van der Waals surface area contributed by atoms with Gasteiger partial charge in [-0.25, -0.2) is 4.98 Å². The third-order valence-electron chi connectivity index (χ3n) is 2.87. The number of fused-ring (bicyclic) bond motifs is 1. The van der Waals surface area contributed by atoms with E-state index in [0.29, 0.717) is 6.54 Å². The van der Waals surface area contributed by atoms with Gasteiger partial charge in [0.05, 0.1) is 5.69 Å². The molecule has 0 unspecified atom stereocenters. The molecule has 4 heteroatoms. The number of benzene rings is 1. The van der Waals surface area contributed by atoms with Crippen LogP contribution in [0.5, 0.6) is 0 Å². The summed E-state index contributed by atoms with van der Waals surface area (Å²) in [6.45, 7) is 2.67. The fraction of sp³-hybridized carbons (Fsp3) is 0.154. The molecule has 0 aliphatic carbocycles. The van der Waals surface area contributed by atoms with E-state index in [-0.39, 0.29) is 0 Å². The van der Waals surface area contributed by atoms with E-state index in [1.807, 2.05) is 0 Å². The van der Waals surface area contributed by atoms with Crippen LogP contribution < -0.4 is 5.73 Å². The van der Waals surface area contributed by atoms with Crippen LogP contribution in [-0.4, -0.2) is 9.38 Å². The lowest BCUT2D eigenvalue weighted by Crippen LogP contribution is -1.95. The molecular weight excluding hydrogens is 230 g/mol. The zero-order valence-electron chi connectivity index (χ0n) is 9.55. The van der Waals surface area contributed by atoms with Gasteiger partial charge in [0.2, 0.25) is 0 Å². The molecule has 3 aromatic rings. The van der Waals surface area contributed by atoms with Gasteiger partial charge in [0.1, 0.15) is 0 Å². The molecule has 0 atom stereocenters. The maximum Gasteiger partial charge on any atom is 0.194 e. The first-order chi connectivity index (χ1) is 8.28. The minimum absolute atomic E-state index is 0.581. The highest BCUT2D eigenvalue weighted by Gasteiger charge is 2.06. The Morgan fingerprint density at radius 1 is 1.29 bits per heavy atom. The highest BCUT2D eigenvalue weighted by Crippen LogP contribution is 2.23. The van der Waals surface area contributed by atoms with Gasteiger partial charge >= 0.3 is 0 Å². The van der Waals surface area contributed by atoms with E-state index in [9.17, 15) is 0 Å².